The third-order valence-corrected chi connectivity index (χ3v) is 5.80. The van der Waals surface area contributed by atoms with Gasteiger partial charge in [-0.25, -0.2) is 9.78 Å². The van der Waals surface area contributed by atoms with Crippen LogP contribution in [0.2, 0.25) is 0 Å². The summed E-state index contributed by atoms with van der Waals surface area (Å²) in [6.07, 6.45) is 5.12. The zero-order valence-electron chi connectivity index (χ0n) is 20.6. The maximum atomic E-state index is 13.2. The summed E-state index contributed by atoms with van der Waals surface area (Å²) in [5, 5.41) is 20.5. The van der Waals surface area contributed by atoms with Crippen molar-refractivity contribution in [1.82, 2.24) is 31.2 Å². The summed E-state index contributed by atoms with van der Waals surface area (Å²) >= 11 is 0. The monoisotopic (exact) mass is 507 g/mol. The lowest BCUT2D eigenvalue weighted by molar-refractivity contribution is -0.142. The molecule has 0 saturated carbocycles. The molecule has 1 fully saturated rings. The maximum Gasteiger partial charge on any atom is 0.326 e. The molecular formula is C22H37N9O5. The fraction of sp³-hybridized carbons (Fsp3) is 0.636. The van der Waals surface area contributed by atoms with Crippen molar-refractivity contribution in [3.05, 3.63) is 18.2 Å². The van der Waals surface area contributed by atoms with Crippen LogP contribution in [0.3, 0.4) is 0 Å². The molecule has 1 saturated heterocycles. The smallest absolute Gasteiger partial charge is 0.326 e. The Morgan fingerprint density at radius 2 is 1.92 bits per heavy atom. The van der Waals surface area contributed by atoms with Crippen molar-refractivity contribution in [2.75, 3.05) is 13.1 Å². The molecule has 200 valence electrons. The number of aromatic amines is 1. The molecule has 1 aliphatic rings. The number of carbonyl (C=O) groups excluding carboxylic acids is 3. The number of amides is 3. The minimum atomic E-state index is -1.21. The predicted octanol–water partition coefficient (Wildman–Crippen LogP) is -2.05. The molecule has 14 nitrogen and oxygen atoms in total. The summed E-state index contributed by atoms with van der Waals surface area (Å²) in [5.41, 5.74) is 11.2. The Morgan fingerprint density at radius 3 is 2.47 bits per heavy atom. The van der Waals surface area contributed by atoms with E-state index in [1.165, 1.54) is 6.33 Å². The molecule has 1 aromatic rings. The second kappa shape index (κ2) is 14.0. The van der Waals surface area contributed by atoms with Crippen molar-refractivity contribution in [3.8, 4) is 0 Å². The molecule has 2 rings (SSSR count). The van der Waals surface area contributed by atoms with Gasteiger partial charge in [0.1, 0.15) is 18.1 Å². The molecule has 4 atom stereocenters. The van der Waals surface area contributed by atoms with Crippen LogP contribution < -0.4 is 32.7 Å². The van der Waals surface area contributed by atoms with Gasteiger partial charge < -0.3 is 42.8 Å². The third kappa shape index (κ3) is 9.17. The van der Waals surface area contributed by atoms with Crippen LogP contribution in [0.1, 0.15) is 45.2 Å². The molecule has 0 aromatic carbocycles. The average Bonchev–Trinajstić information content (AvgIpc) is 3.52. The zero-order valence-corrected chi connectivity index (χ0v) is 20.6. The van der Waals surface area contributed by atoms with Gasteiger partial charge in [-0.2, -0.15) is 0 Å². The number of aromatic nitrogens is 2. The summed E-state index contributed by atoms with van der Waals surface area (Å²) in [7, 11) is 0. The first-order valence-electron chi connectivity index (χ1n) is 12.0. The van der Waals surface area contributed by atoms with Crippen LogP contribution in [0.15, 0.2) is 17.5 Å². The van der Waals surface area contributed by atoms with Gasteiger partial charge in [0.15, 0.2) is 5.96 Å². The molecule has 2 heterocycles. The lowest BCUT2D eigenvalue weighted by Gasteiger charge is -2.27. The number of H-pyrrole nitrogens is 1. The van der Waals surface area contributed by atoms with E-state index in [2.05, 4.69) is 36.2 Å². The summed E-state index contributed by atoms with van der Waals surface area (Å²) in [5.74, 6) is -3.18. The van der Waals surface area contributed by atoms with Crippen LogP contribution in [-0.2, 0) is 25.6 Å². The lowest BCUT2D eigenvalue weighted by Crippen LogP contribution is -2.58. The van der Waals surface area contributed by atoms with Gasteiger partial charge in [-0.05, 0) is 38.1 Å². The van der Waals surface area contributed by atoms with E-state index in [0.29, 0.717) is 18.5 Å². The van der Waals surface area contributed by atoms with Gasteiger partial charge in [-0.3, -0.25) is 19.4 Å². The molecule has 14 heteroatoms. The molecule has 0 aliphatic carbocycles. The number of nitrogens with two attached hydrogens (primary N) is 2. The quantitative estimate of drug-likeness (QED) is 0.0786. The van der Waals surface area contributed by atoms with Gasteiger partial charge in [0.25, 0.3) is 0 Å². The Morgan fingerprint density at radius 1 is 1.17 bits per heavy atom. The first kappa shape index (κ1) is 28.6. The number of hydrogen-bond acceptors (Lipinski definition) is 7. The molecule has 0 radical (unpaired) electrons. The number of guanidine groups is 1. The van der Waals surface area contributed by atoms with E-state index in [9.17, 15) is 24.3 Å². The number of aliphatic imine (C=N–C) groups is 1. The average molecular weight is 508 g/mol. The number of carboxylic acid groups (broad SMARTS) is 1. The minimum Gasteiger partial charge on any atom is -0.480 e. The number of imidazole rings is 1. The van der Waals surface area contributed by atoms with Crippen LogP contribution in [0.4, 0.5) is 0 Å². The molecule has 1 aromatic heterocycles. The number of hydrogen-bond donors (Lipinski definition) is 8. The summed E-state index contributed by atoms with van der Waals surface area (Å²) in [6.45, 7) is 4.40. The van der Waals surface area contributed by atoms with Gasteiger partial charge in [-0.1, -0.05) is 13.8 Å². The van der Waals surface area contributed by atoms with Crippen molar-refractivity contribution >= 4 is 29.7 Å². The molecule has 0 bridgehead atoms. The number of rotatable bonds is 14. The first-order chi connectivity index (χ1) is 17.1. The van der Waals surface area contributed by atoms with Crippen LogP contribution in [0, 0.1) is 5.92 Å². The Labute approximate surface area is 209 Å². The first-order valence-corrected chi connectivity index (χ1v) is 12.0. The SMILES string of the molecule is CC(C)C(NC(=O)C(Cc1cnc[nH]1)NC(=O)C1CCCN1)C(=O)NC(CCCN=C(N)N)C(=O)O. The van der Waals surface area contributed by atoms with E-state index in [1.54, 1.807) is 20.0 Å². The summed E-state index contributed by atoms with van der Waals surface area (Å²) in [6, 6.07) is -3.56. The predicted molar refractivity (Wildman–Crippen MR) is 131 cm³/mol. The molecule has 4 unspecified atom stereocenters. The number of nitrogens with one attached hydrogen (secondary N) is 5. The van der Waals surface area contributed by atoms with E-state index in [-0.39, 0.29) is 43.2 Å². The van der Waals surface area contributed by atoms with Crippen molar-refractivity contribution < 1.29 is 24.3 Å². The maximum absolute atomic E-state index is 13.2. The molecule has 0 spiro atoms. The fourth-order valence-corrected chi connectivity index (χ4v) is 3.82. The van der Waals surface area contributed by atoms with Gasteiger partial charge in [0, 0.05) is 24.9 Å². The zero-order chi connectivity index (χ0) is 26.7. The molecule has 1 aliphatic heterocycles. The van der Waals surface area contributed by atoms with Gasteiger partial charge in [-0.15, -0.1) is 0 Å². The van der Waals surface area contributed by atoms with E-state index in [0.717, 1.165) is 13.0 Å². The molecule has 10 N–H and O–H groups in total. The Bertz CT molecular complexity index is 909. The van der Waals surface area contributed by atoms with Crippen LogP contribution in [0.5, 0.6) is 0 Å². The van der Waals surface area contributed by atoms with Crippen LogP contribution in [-0.4, -0.2) is 82.0 Å². The van der Waals surface area contributed by atoms with Gasteiger partial charge >= 0.3 is 5.97 Å². The van der Waals surface area contributed by atoms with Crippen LogP contribution >= 0.6 is 0 Å². The van der Waals surface area contributed by atoms with Crippen molar-refractivity contribution in [1.29, 1.82) is 0 Å². The van der Waals surface area contributed by atoms with Crippen molar-refractivity contribution in [2.24, 2.45) is 22.4 Å². The highest BCUT2D eigenvalue weighted by Gasteiger charge is 2.33. The number of carboxylic acids is 1. The number of carbonyl (C=O) groups is 4. The highest BCUT2D eigenvalue weighted by molar-refractivity contribution is 5.94. The topological polar surface area (TPSA) is 230 Å². The van der Waals surface area contributed by atoms with E-state index in [4.69, 9.17) is 11.5 Å². The molecule has 3 amide bonds. The second-order valence-corrected chi connectivity index (χ2v) is 9.07. The standard InChI is InChI=1S/C22H37N9O5/c1-12(2)17(20(34)29-15(21(35)36)6-4-8-27-22(23)24)31-19(33)16(9-13-10-25-11-28-13)30-18(32)14-5-3-7-26-14/h10-12,14-17,26H,3-9H2,1-2H3,(H,25,28)(H,29,34)(H,30,32)(H,31,33)(H,35,36)(H4,23,24,27). The minimum absolute atomic E-state index is 0.101. The molecular weight excluding hydrogens is 470 g/mol. The Kier molecular flexibility index (Phi) is 11.1. The second-order valence-electron chi connectivity index (χ2n) is 9.07. The summed E-state index contributed by atoms with van der Waals surface area (Å²) < 4.78 is 0. The largest absolute Gasteiger partial charge is 0.480 e. The normalized spacial score (nSPS) is 17.6. The highest BCUT2D eigenvalue weighted by Crippen LogP contribution is 2.09. The van der Waals surface area contributed by atoms with Crippen molar-refractivity contribution in [3.63, 3.8) is 0 Å². The van der Waals surface area contributed by atoms with Gasteiger partial charge in [0.2, 0.25) is 17.7 Å². The Balaban J connectivity index is 2.07. The van der Waals surface area contributed by atoms with E-state index >= 15 is 0 Å². The number of nitrogens with zero attached hydrogens (tertiary/aromatic N) is 2. The van der Waals surface area contributed by atoms with Crippen molar-refractivity contribution in [2.45, 2.75) is 70.1 Å². The highest BCUT2D eigenvalue weighted by atomic mass is 16.4. The molecule has 36 heavy (non-hydrogen) atoms. The van der Waals surface area contributed by atoms with E-state index in [1.807, 2.05) is 0 Å². The fourth-order valence-electron chi connectivity index (χ4n) is 3.82. The summed E-state index contributed by atoms with van der Waals surface area (Å²) in [4.78, 5) is 61.2. The third-order valence-electron chi connectivity index (χ3n) is 5.80. The van der Waals surface area contributed by atoms with Gasteiger partial charge in [0.05, 0.1) is 12.4 Å². The number of aliphatic carboxylic acids is 1. The Hall–Kier alpha value is -3.68. The van der Waals surface area contributed by atoms with E-state index < -0.39 is 35.9 Å². The lowest BCUT2D eigenvalue weighted by atomic mass is 10.0. The van der Waals surface area contributed by atoms with Crippen LogP contribution in [0.25, 0.3) is 0 Å².